The zero-order valence-corrected chi connectivity index (χ0v) is 10.5. The Bertz CT molecular complexity index is 496. The van der Waals surface area contributed by atoms with Gasteiger partial charge in [0.25, 0.3) is 0 Å². The summed E-state index contributed by atoms with van der Waals surface area (Å²) < 4.78 is 1.72. The van der Waals surface area contributed by atoms with Crippen molar-refractivity contribution < 1.29 is 0 Å². The van der Waals surface area contributed by atoms with Crippen molar-refractivity contribution in [2.75, 3.05) is 6.54 Å². The molecule has 0 fully saturated rings. The van der Waals surface area contributed by atoms with Gasteiger partial charge >= 0.3 is 0 Å². The predicted molar refractivity (Wildman–Crippen MR) is 65.8 cm³/mol. The SMILES string of the molecule is CCNC(c1ncccc1Cl)c1cnnn1C. The van der Waals surface area contributed by atoms with Gasteiger partial charge in [-0.15, -0.1) is 5.10 Å². The van der Waals surface area contributed by atoms with Crippen molar-refractivity contribution in [2.45, 2.75) is 13.0 Å². The summed E-state index contributed by atoms with van der Waals surface area (Å²) in [6.45, 7) is 2.84. The second-order valence-corrected chi connectivity index (χ2v) is 4.05. The third kappa shape index (κ3) is 2.45. The van der Waals surface area contributed by atoms with Crippen molar-refractivity contribution in [1.29, 1.82) is 0 Å². The smallest absolute Gasteiger partial charge is 0.0953 e. The van der Waals surface area contributed by atoms with Gasteiger partial charge < -0.3 is 5.32 Å². The summed E-state index contributed by atoms with van der Waals surface area (Å²) >= 11 is 6.17. The number of pyridine rings is 1. The van der Waals surface area contributed by atoms with E-state index in [9.17, 15) is 0 Å². The molecule has 1 atom stereocenters. The fourth-order valence-corrected chi connectivity index (χ4v) is 1.95. The van der Waals surface area contributed by atoms with E-state index < -0.39 is 0 Å². The summed E-state index contributed by atoms with van der Waals surface area (Å²) in [6.07, 6.45) is 3.45. The number of aromatic nitrogens is 4. The fourth-order valence-electron chi connectivity index (χ4n) is 1.71. The Kier molecular flexibility index (Phi) is 3.71. The van der Waals surface area contributed by atoms with Gasteiger partial charge in [0.1, 0.15) is 0 Å². The molecule has 0 aliphatic heterocycles. The summed E-state index contributed by atoms with van der Waals surface area (Å²) in [5.74, 6) is 0. The van der Waals surface area contributed by atoms with E-state index in [1.807, 2.05) is 26.1 Å². The van der Waals surface area contributed by atoms with Crippen LogP contribution in [0.1, 0.15) is 24.4 Å². The lowest BCUT2D eigenvalue weighted by molar-refractivity contribution is 0.558. The van der Waals surface area contributed by atoms with E-state index in [1.165, 1.54) is 0 Å². The summed E-state index contributed by atoms with van der Waals surface area (Å²) in [5.41, 5.74) is 1.73. The molecule has 90 valence electrons. The molecule has 0 aliphatic rings. The second kappa shape index (κ2) is 5.25. The topological polar surface area (TPSA) is 55.6 Å². The Morgan fingerprint density at radius 2 is 2.35 bits per heavy atom. The van der Waals surface area contributed by atoms with Crippen molar-refractivity contribution in [3.8, 4) is 0 Å². The average Bonchev–Trinajstić information content (AvgIpc) is 2.74. The first-order valence-electron chi connectivity index (χ1n) is 5.42. The number of hydrogen-bond acceptors (Lipinski definition) is 4. The van der Waals surface area contributed by atoms with Crippen LogP contribution >= 0.6 is 11.6 Å². The molecule has 0 radical (unpaired) electrons. The van der Waals surface area contributed by atoms with Gasteiger partial charge in [0.2, 0.25) is 0 Å². The molecule has 0 saturated heterocycles. The summed E-state index contributed by atoms with van der Waals surface area (Å²) in [4.78, 5) is 4.33. The summed E-state index contributed by atoms with van der Waals surface area (Å²) in [5, 5.41) is 11.8. The molecule has 5 nitrogen and oxygen atoms in total. The van der Waals surface area contributed by atoms with Crippen molar-refractivity contribution in [2.24, 2.45) is 7.05 Å². The van der Waals surface area contributed by atoms with Crippen LogP contribution in [0.2, 0.25) is 5.02 Å². The number of rotatable bonds is 4. The maximum atomic E-state index is 6.17. The quantitative estimate of drug-likeness (QED) is 0.896. The Morgan fingerprint density at radius 3 is 2.94 bits per heavy atom. The van der Waals surface area contributed by atoms with Crippen molar-refractivity contribution in [3.05, 3.63) is 40.9 Å². The first kappa shape index (κ1) is 12.0. The molecule has 0 bridgehead atoms. The highest BCUT2D eigenvalue weighted by Crippen LogP contribution is 2.25. The van der Waals surface area contributed by atoms with E-state index in [1.54, 1.807) is 17.1 Å². The lowest BCUT2D eigenvalue weighted by Crippen LogP contribution is -2.25. The van der Waals surface area contributed by atoms with Crippen LogP contribution < -0.4 is 5.32 Å². The molecule has 2 aromatic rings. The van der Waals surface area contributed by atoms with Crippen LogP contribution in [0.25, 0.3) is 0 Å². The lowest BCUT2D eigenvalue weighted by atomic mass is 10.1. The minimum atomic E-state index is -0.0892. The first-order chi connectivity index (χ1) is 8.24. The molecule has 2 aromatic heterocycles. The molecule has 0 saturated carbocycles. The van der Waals surface area contributed by atoms with Crippen LogP contribution in [0, 0.1) is 0 Å². The molecule has 2 heterocycles. The zero-order valence-electron chi connectivity index (χ0n) is 9.76. The number of aryl methyl sites for hydroxylation is 1. The Labute approximate surface area is 105 Å². The lowest BCUT2D eigenvalue weighted by Gasteiger charge is -2.17. The molecule has 1 unspecified atom stereocenters. The predicted octanol–water partition coefficient (Wildman–Crippen LogP) is 1.56. The van der Waals surface area contributed by atoms with E-state index in [0.717, 1.165) is 17.9 Å². The molecular weight excluding hydrogens is 238 g/mol. The first-order valence-corrected chi connectivity index (χ1v) is 5.80. The van der Waals surface area contributed by atoms with Crippen LogP contribution in [0.15, 0.2) is 24.5 Å². The minimum absolute atomic E-state index is 0.0892. The van der Waals surface area contributed by atoms with E-state index in [4.69, 9.17) is 11.6 Å². The van der Waals surface area contributed by atoms with Crippen LogP contribution in [-0.2, 0) is 7.05 Å². The second-order valence-electron chi connectivity index (χ2n) is 3.64. The third-order valence-electron chi connectivity index (χ3n) is 2.51. The molecule has 0 amide bonds. The number of hydrogen-bond donors (Lipinski definition) is 1. The summed E-state index contributed by atoms with van der Waals surface area (Å²) in [6, 6.07) is 3.56. The molecule has 1 N–H and O–H groups in total. The minimum Gasteiger partial charge on any atom is -0.304 e. The number of halogens is 1. The van der Waals surface area contributed by atoms with Gasteiger partial charge in [0.15, 0.2) is 0 Å². The van der Waals surface area contributed by atoms with E-state index in [-0.39, 0.29) is 6.04 Å². The van der Waals surface area contributed by atoms with E-state index in [0.29, 0.717) is 5.02 Å². The highest BCUT2D eigenvalue weighted by Gasteiger charge is 2.20. The molecular formula is C11H14ClN5. The molecule has 0 aliphatic carbocycles. The van der Waals surface area contributed by atoms with Crippen molar-refractivity contribution >= 4 is 11.6 Å². The largest absolute Gasteiger partial charge is 0.304 e. The normalized spacial score (nSPS) is 12.6. The zero-order chi connectivity index (χ0) is 12.3. The van der Waals surface area contributed by atoms with E-state index >= 15 is 0 Å². The van der Waals surface area contributed by atoms with Crippen LogP contribution in [0.5, 0.6) is 0 Å². The maximum absolute atomic E-state index is 6.17. The van der Waals surface area contributed by atoms with Crippen molar-refractivity contribution in [3.63, 3.8) is 0 Å². The van der Waals surface area contributed by atoms with Gasteiger partial charge in [-0.3, -0.25) is 9.67 Å². The van der Waals surface area contributed by atoms with Gasteiger partial charge in [-0.25, -0.2) is 0 Å². The molecule has 0 aromatic carbocycles. The maximum Gasteiger partial charge on any atom is 0.0953 e. The molecule has 0 spiro atoms. The third-order valence-corrected chi connectivity index (χ3v) is 2.83. The van der Waals surface area contributed by atoms with E-state index in [2.05, 4.69) is 20.6 Å². The van der Waals surface area contributed by atoms with Crippen molar-refractivity contribution in [1.82, 2.24) is 25.3 Å². The van der Waals surface area contributed by atoms with Gasteiger partial charge in [-0.05, 0) is 18.7 Å². The number of nitrogens with one attached hydrogen (secondary N) is 1. The van der Waals surface area contributed by atoms with Crippen LogP contribution in [0.4, 0.5) is 0 Å². The molecule has 6 heteroatoms. The van der Waals surface area contributed by atoms with Crippen LogP contribution in [0.3, 0.4) is 0 Å². The van der Waals surface area contributed by atoms with Gasteiger partial charge in [0.05, 0.1) is 28.6 Å². The Morgan fingerprint density at radius 1 is 1.53 bits per heavy atom. The Hall–Kier alpha value is -1.46. The van der Waals surface area contributed by atoms with Gasteiger partial charge in [-0.1, -0.05) is 23.7 Å². The van der Waals surface area contributed by atoms with Crippen LogP contribution in [-0.4, -0.2) is 26.5 Å². The summed E-state index contributed by atoms with van der Waals surface area (Å²) in [7, 11) is 1.85. The number of nitrogens with zero attached hydrogens (tertiary/aromatic N) is 4. The highest BCUT2D eigenvalue weighted by molar-refractivity contribution is 6.31. The highest BCUT2D eigenvalue weighted by atomic mass is 35.5. The Balaban J connectivity index is 2.43. The standard InChI is InChI=1S/C11H14ClN5/c1-3-13-11(9-7-15-16-17(9)2)10-8(12)5-4-6-14-10/h4-7,11,13H,3H2,1-2H3. The van der Waals surface area contributed by atoms with Gasteiger partial charge in [0, 0.05) is 13.2 Å². The fraction of sp³-hybridized carbons (Fsp3) is 0.364. The van der Waals surface area contributed by atoms with Gasteiger partial charge in [-0.2, -0.15) is 0 Å². The average molecular weight is 252 g/mol. The molecule has 2 rings (SSSR count). The molecule has 17 heavy (non-hydrogen) atoms. The monoisotopic (exact) mass is 251 g/mol.